The van der Waals surface area contributed by atoms with E-state index in [9.17, 15) is 8.42 Å². The SMILES string of the molecule is CC1CCCCN1S(=O)(=O)NC(C)(C)CCBr. The molecule has 1 saturated heterocycles. The Bertz CT molecular complexity index is 343. The van der Waals surface area contributed by atoms with E-state index in [1.54, 1.807) is 4.31 Å². The lowest BCUT2D eigenvalue weighted by atomic mass is 10.0. The van der Waals surface area contributed by atoms with Crippen molar-refractivity contribution in [3.63, 3.8) is 0 Å². The maximum absolute atomic E-state index is 12.3. The van der Waals surface area contributed by atoms with Gasteiger partial charge in [-0.25, -0.2) is 0 Å². The number of piperidine rings is 1. The van der Waals surface area contributed by atoms with Gasteiger partial charge in [0.15, 0.2) is 0 Å². The van der Waals surface area contributed by atoms with Crippen LogP contribution < -0.4 is 4.72 Å². The van der Waals surface area contributed by atoms with E-state index >= 15 is 0 Å². The smallest absolute Gasteiger partial charge is 0.196 e. The number of hydrogen-bond acceptors (Lipinski definition) is 2. The molecule has 1 atom stereocenters. The molecular formula is C11H23BrN2O2S. The minimum absolute atomic E-state index is 0.112. The van der Waals surface area contributed by atoms with Crippen LogP contribution in [-0.4, -0.2) is 36.2 Å². The van der Waals surface area contributed by atoms with E-state index in [-0.39, 0.29) is 6.04 Å². The normalized spacial score (nSPS) is 23.9. The van der Waals surface area contributed by atoms with Crippen LogP contribution in [0, 0.1) is 0 Å². The second-order valence-corrected chi connectivity index (χ2v) is 7.80. The van der Waals surface area contributed by atoms with Crippen molar-refractivity contribution in [3.05, 3.63) is 0 Å². The number of rotatable bonds is 5. The highest BCUT2D eigenvalue weighted by molar-refractivity contribution is 9.09. The molecular weight excluding hydrogens is 304 g/mol. The quantitative estimate of drug-likeness (QED) is 0.788. The summed E-state index contributed by atoms with van der Waals surface area (Å²) in [6, 6.07) is 0.112. The van der Waals surface area contributed by atoms with Gasteiger partial charge in [-0.05, 0) is 40.0 Å². The fourth-order valence-corrected chi connectivity index (χ4v) is 4.98. The van der Waals surface area contributed by atoms with Crippen molar-refractivity contribution in [2.24, 2.45) is 0 Å². The highest BCUT2D eigenvalue weighted by atomic mass is 79.9. The van der Waals surface area contributed by atoms with E-state index in [0.29, 0.717) is 6.54 Å². The summed E-state index contributed by atoms with van der Waals surface area (Å²) >= 11 is 3.35. The van der Waals surface area contributed by atoms with E-state index in [1.807, 2.05) is 20.8 Å². The zero-order valence-corrected chi connectivity index (χ0v) is 13.3. The second kappa shape index (κ2) is 5.99. The summed E-state index contributed by atoms with van der Waals surface area (Å²) in [7, 11) is -3.35. The lowest BCUT2D eigenvalue weighted by molar-refractivity contribution is 0.259. The topological polar surface area (TPSA) is 49.4 Å². The first-order valence-corrected chi connectivity index (χ1v) is 8.71. The lowest BCUT2D eigenvalue weighted by Crippen LogP contribution is -2.54. The summed E-state index contributed by atoms with van der Waals surface area (Å²) in [5, 5.41) is 0.790. The van der Waals surface area contributed by atoms with Gasteiger partial charge in [0.25, 0.3) is 10.2 Å². The summed E-state index contributed by atoms with van der Waals surface area (Å²) < 4.78 is 29.0. The fourth-order valence-electron chi connectivity index (χ4n) is 2.12. The predicted molar refractivity (Wildman–Crippen MR) is 74.6 cm³/mol. The molecule has 102 valence electrons. The van der Waals surface area contributed by atoms with E-state index in [0.717, 1.165) is 31.0 Å². The molecule has 0 bridgehead atoms. The number of hydrogen-bond donors (Lipinski definition) is 1. The molecule has 0 spiro atoms. The van der Waals surface area contributed by atoms with Crippen LogP contribution in [0.1, 0.15) is 46.5 Å². The number of alkyl halides is 1. The maximum Gasteiger partial charge on any atom is 0.280 e. The van der Waals surface area contributed by atoms with Crippen LogP contribution >= 0.6 is 15.9 Å². The van der Waals surface area contributed by atoms with Gasteiger partial charge in [0.2, 0.25) is 0 Å². The van der Waals surface area contributed by atoms with Gasteiger partial charge in [-0.3, -0.25) is 0 Å². The van der Waals surface area contributed by atoms with Crippen molar-refractivity contribution < 1.29 is 8.42 Å². The molecule has 0 aliphatic carbocycles. The van der Waals surface area contributed by atoms with Gasteiger partial charge in [0.05, 0.1) is 0 Å². The first-order valence-electron chi connectivity index (χ1n) is 6.15. The van der Waals surface area contributed by atoms with E-state index in [1.165, 1.54) is 0 Å². The Morgan fingerprint density at radius 3 is 2.59 bits per heavy atom. The Labute approximate surface area is 113 Å². The molecule has 4 nitrogen and oxygen atoms in total. The zero-order chi connectivity index (χ0) is 13.1. The second-order valence-electron chi connectivity index (χ2n) is 5.39. The highest BCUT2D eigenvalue weighted by Crippen LogP contribution is 2.21. The van der Waals surface area contributed by atoms with E-state index in [4.69, 9.17) is 0 Å². The van der Waals surface area contributed by atoms with Gasteiger partial charge in [-0.2, -0.15) is 17.4 Å². The van der Waals surface area contributed by atoms with Crippen molar-refractivity contribution in [1.82, 2.24) is 9.03 Å². The van der Waals surface area contributed by atoms with Crippen molar-refractivity contribution >= 4 is 26.1 Å². The third kappa shape index (κ3) is 4.50. The first kappa shape index (κ1) is 15.4. The lowest BCUT2D eigenvalue weighted by Gasteiger charge is -2.35. The molecule has 0 amide bonds. The molecule has 1 fully saturated rings. The van der Waals surface area contributed by atoms with E-state index < -0.39 is 15.7 Å². The van der Waals surface area contributed by atoms with Crippen LogP contribution in [0.3, 0.4) is 0 Å². The van der Waals surface area contributed by atoms with Gasteiger partial charge < -0.3 is 0 Å². The molecule has 0 radical (unpaired) electrons. The average Bonchev–Trinajstić information content (AvgIpc) is 2.15. The Balaban J connectivity index is 2.73. The molecule has 0 aromatic heterocycles. The van der Waals surface area contributed by atoms with Crippen molar-refractivity contribution in [3.8, 4) is 0 Å². The monoisotopic (exact) mass is 326 g/mol. The minimum atomic E-state index is -3.35. The Morgan fingerprint density at radius 2 is 2.06 bits per heavy atom. The van der Waals surface area contributed by atoms with Crippen LogP contribution in [0.25, 0.3) is 0 Å². The van der Waals surface area contributed by atoms with E-state index in [2.05, 4.69) is 20.7 Å². The van der Waals surface area contributed by atoms with Gasteiger partial charge in [-0.1, -0.05) is 22.4 Å². The Hall–Kier alpha value is 0.350. The molecule has 0 aromatic rings. The molecule has 17 heavy (non-hydrogen) atoms. The first-order chi connectivity index (χ1) is 7.78. The van der Waals surface area contributed by atoms with Gasteiger partial charge in [0, 0.05) is 23.5 Å². The standard InChI is InChI=1S/C11H23BrN2O2S/c1-10-6-4-5-9-14(10)17(15,16)13-11(2,3)7-8-12/h10,13H,4-9H2,1-3H3. The third-order valence-corrected chi connectivity index (χ3v) is 5.54. The highest BCUT2D eigenvalue weighted by Gasteiger charge is 2.33. The van der Waals surface area contributed by atoms with Crippen LogP contribution in [-0.2, 0) is 10.2 Å². The molecule has 1 heterocycles. The molecule has 1 aliphatic rings. The molecule has 0 aromatic carbocycles. The number of nitrogens with zero attached hydrogens (tertiary/aromatic N) is 1. The van der Waals surface area contributed by atoms with Crippen molar-refractivity contribution in [1.29, 1.82) is 0 Å². The van der Waals surface area contributed by atoms with Gasteiger partial charge in [-0.15, -0.1) is 0 Å². The molecule has 1 unspecified atom stereocenters. The van der Waals surface area contributed by atoms with Crippen LogP contribution in [0.15, 0.2) is 0 Å². The molecule has 6 heteroatoms. The molecule has 1 N–H and O–H groups in total. The zero-order valence-electron chi connectivity index (χ0n) is 10.9. The largest absolute Gasteiger partial charge is 0.280 e. The van der Waals surface area contributed by atoms with Crippen LogP contribution in [0.2, 0.25) is 0 Å². The third-order valence-electron chi connectivity index (χ3n) is 3.18. The van der Waals surface area contributed by atoms with Crippen LogP contribution in [0.4, 0.5) is 0 Å². The molecule has 1 aliphatic heterocycles. The Morgan fingerprint density at radius 1 is 1.41 bits per heavy atom. The minimum Gasteiger partial charge on any atom is -0.196 e. The van der Waals surface area contributed by atoms with Crippen LogP contribution in [0.5, 0.6) is 0 Å². The number of halogens is 1. The summed E-state index contributed by atoms with van der Waals surface area (Å²) in [6.45, 7) is 6.46. The molecule has 1 rings (SSSR count). The van der Waals surface area contributed by atoms with Crippen molar-refractivity contribution in [2.45, 2.75) is 58.0 Å². The Kier molecular flexibility index (Phi) is 5.43. The summed E-state index contributed by atoms with van der Waals surface area (Å²) in [5.41, 5.74) is -0.403. The maximum atomic E-state index is 12.3. The number of nitrogens with one attached hydrogen (secondary N) is 1. The van der Waals surface area contributed by atoms with Crippen molar-refractivity contribution in [2.75, 3.05) is 11.9 Å². The summed E-state index contributed by atoms with van der Waals surface area (Å²) in [6.07, 6.45) is 3.82. The predicted octanol–water partition coefficient (Wildman–Crippen LogP) is 2.26. The molecule has 0 saturated carbocycles. The summed E-state index contributed by atoms with van der Waals surface area (Å²) in [4.78, 5) is 0. The average molecular weight is 327 g/mol. The van der Waals surface area contributed by atoms with Gasteiger partial charge >= 0.3 is 0 Å². The summed E-state index contributed by atoms with van der Waals surface area (Å²) in [5.74, 6) is 0. The fraction of sp³-hybridized carbons (Fsp3) is 1.00. The van der Waals surface area contributed by atoms with Gasteiger partial charge in [0.1, 0.15) is 0 Å².